The molecule has 2 aromatic carbocycles. The zero-order chi connectivity index (χ0) is 20.1. The van der Waals surface area contributed by atoms with Crippen molar-refractivity contribution in [2.75, 3.05) is 19.0 Å². The summed E-state index contributed by atoms with van der Waals surface area (Å²) in [6.45, 7) is 2.48. The van der Waals surface area contributed by atoms with Gasteiger partial charge in [-0.05, 0) is 61.0 Å². The van der Waals surface area contributed by atoms with E-state index < -0.39 is 17.7 Å². The van der Waals surface area contributed by atoms with Crippen LogP contribution in [-0.4, -0.2) is 25.6 Å². The molecule has 7 heteroatoms. The van der Waals surface area contributed by atoms with Crippen molar-refractivity contribution in [1.82, 2.24) is 0 Å². The van der Waals surface area contributed by atoms with Crippen LogP contribution in [0.15, 0.2) is 54.6 Å². The van der Waals surface area contributed by atoms with Gasteiger partial charge < -0.3 is 14.8 Å². The molecule has 0 aliphatic heterocycles. The van der Waals surface area contributed by atoms with Crippen molar-refractivity contribution >= 4 is 28.9 Å². The van der Waals surface area contributed by atoms with E-state index in [1.165, 1.54) is 36.6 Å². The van der Waals surface area contributed by atoms with Gasteiger partial charge in [-0.1, -0.05) is 6.07 Å². The Hall–Kier alpha value is -3.19. The molecule has 1 aromatic heterocycles. The zero-order valence-corrected chi connectivity index (χ0v) is 16.1. The van der Waals surface area contributed by atoms with Crippen molar-refractivity contribution < 1.29 is 23.5 Å². The molecule has 1 N–H and O–H groups in total. The highest BCUT2D eigenvalue weighted by molar-refractivity contribution is 7.18. The van der Waals surface area contributed by atoms with Gasteiger partial charge in [0.2, 0.25) is 0 Å². The Morgan fingerprint density at radius 2 is 1.86 bits per heavy atom. The van der Waals surface area contributed by atoms with E-state index in [0.29, 0.717) is 12.3 Å². The zero-order valence-electron chi connectivity index (χ0n) is 15.3. The van der Waals surface area contributed by atoms with E-state index in [4.69, 9.17) is 9.47 Å². The Labute approximate surface area is 165 Å². The molecule has 5 nitrogen and oxygen atoms in total. The quantitative estimate of drug-likeness (QED) is 0.593. The predicted octanol–water partition coefficient (Wildman–Crippen LogP) is 4.99. The van der Waals surface area contributed by atoms with Gasteiger partial charge in [0.05, 0.1) is 19.4 Å². The molecule has 1 amide bonds. The van der Waals surface area contributed by atoms with Crippen molar-refractivity contribution in [3.63, 3.8) is 0 Å². The Kier molecular flexibility index (Phi) is 6.06. The van der Waals surface area contributed by atoms with Gasteiger partial charge in [0.15, 0.2) is 0 Å². The van der Waals surface area contributed by atoms with Crippen molar-refractivity contribution in [3.8, 4) is 16.2 Å². The van der Waals surface area contributed by atoms with Crippen LogP contribution in [-0.2, 0) is 4.74 Å². The maximum absolute atomic E-state index is 13.4. The van der Waals surface area contributed by atoms with Crippen LogP contribution in [0.3, 0.4) is 0 Å². The number of esters is 1. The third-order valence-corrected chi connectivity index (χ3v) is 5.05. The van der Waals surface area contributed by atoms with Gasteiger partial charge in [-0.3, -0.25) is 4.79 Å². The Morgan fingerprint density at radius 1 is 1.11 bits per heavy atom. The largest absolute Gasteiger partial charge is 0.494 e. The van der Waals surface area contributed by atoms with Gasteiger partial charge in [-0.2, -0.15) is 0 Å². The molecule has 0 radical (unpaired) electrons. The smallest absolute Gasteiger partial charge is 0.350 e. The van der Waals surface area contributed by atoms with Crippen LogP contribution < -0.4 is 10.1 Å². The fourth-order valence-electron chi connectivity index (χ4n) is 2.58. The molecule has 28 heavy (non-hydrogen) atoms. The molecule has 3 rings (SSSR count). The minimum Gasteiger partial charge on any atom is -0.494 e. The van der Waals surface area contributed by atoms with Crippen LogP contribution in [0, 0.1) is 5.82 Å². The van der Waals surface area contributed by atoms with Crippen molar-refractivity contribution in [3.05, 3.63) is 70.9 Å². The van der Waals surface area contributed by atoms with E-state index in [2.05, 4.69) is 5.32 Å². The number of rotatable bonds is 6. The second-order valence-electron chi connectivity index (χ2n) is 5.77. The summed E-state index contributed by atoms with van der Waals surface area (Å²) < 4.78 is 23.6. The highest BCUT2D eigenvalue weighted by atomic mass is 32.1. The third-order valence-electron chi connectivity index (χ3n) is 3.89. The average molecular weight is 399 g/mol. The highest BCUT2D eigenvalue weighted by Gasteiger charge is 2.20. The summed E-state index contributed by atoms with van der Waals surface area (Å²) >= 11 is 1.20. The lowest BCUT2D eigenvalue weighted by molar-refractivity contribution is 0.0607. The summed E-state index contributed by atoms with van der Waals surface area (Å²) in [5.41, 5.74) is 1.34. The van der Waals surface area contributed by atoms with Crippen LogP contribution in [0.5, 0.6) is 5.75 Å². The molecule has 1 heterocycles. The number of halogens is 1. The number of amides is 1. The SMILES string of the molecule is CCOc1ccc(-c2cc(NC(=O)c3cccc(F)c3)c(C(=O)OC)s2)cc1. The summed E-state index contributed by atoms with van der Waals surface area (Å²) in [4.78, 5) is 25.6. The molecule has 0 saturated carbocycles. The monoisotopic (exact) mass is 399 g/mol. The van der Waals surface area contributed by atoms with E-state index in [0.717, 1.165) is 22.3 Å². The number of ether oxygens (including phenoxy) is 2. The van der Waals surface area contributed by atoms with E-state index in [9.17, 15) is 14.0 Å². The van der Waals surface area contributed by atoms with Crippen LogP contribution >= 0.6 is 11.3 Å². The Balaban J connectivity index is 1.91. The van der Waals surface area contributed by atoms with E-state index in [-0.39, 0.29) is 10.4 Å². The molecule has 0 aliphatic rings. The minimum absolute atomic E-state index is 0.157. The summed E-state index contributed by atoms with van der Waals surface area (Å²) in [5, 5.41) is 2.67. The van der Waals surface area contributed by atoms with Gasteiger partial charge in [-0.15, -0.1) is 11.3 Å². The predicted molar refractivity (Wildman–Crippen MR) is 107 cm³/mol. The summed E-state index contributed by atoms with van der Waals surface area (Å²) in [6, 6.07) is 14.4. The average Bonchev–Trinajstić information content (AvgIpc) is 3.12. The van der Waals surface area contributed by atoms with Crippen LogP contribution in [0.25, 0.3) is 10.4 Å². The van der Waals surface area contributed by atoms with E-state index in [1.54, 1.807) is 6.07 Å². The maximum Gasteiger partial charge on any atom is 0.350 e. The van der Waals surface area contributed by atoms with Crippen molar-refractivity contribution in [2.24, 2.45) is 0 Å². The highest BCUT2D eigenvalue weighted by Crippen LogP contribution is 2.36. The number of methoxy groups -OCH3 is 1. The summed E-state index contributed by atoms with van der Waals surface area (Å²) in [6.07, 6.45) is 0. The Morgan fingerprint density at radius 3 is 2.50 bits per heavy atom. The van der Waals surface area contributed by atoms with Crippen LogP contribution in [0.4, 0.5) is 10.1 Å². The van der Waals surface area contributed by atoms with Crippen LogP contribution in [0.1, 0.15) is 27.0 Å². The molecule has 0 unspecified atom stereocenters. The topological polar surface area (TPSA) is 64.6 Å². The fourth-order valence-corrected chi connectivity index (χ4v) is 3.61. The first-order valence-electron chi connectivity index (χ1n) is 8.54. The molecule has 0 spiro atoms. The lowest BCUT2D eigenvalue weighted by Crippen LogP contribution is -2.14. The fraction of sp³-hybridized carbons (Fsp3) is 0.143. The van der Waals surface area contributed by atoms with Crippen LogP contribution in [0.2, 0.25) is 0 Å². The Bertz CT molecular complexity index is 998. The summed E-state index contributed by atoms with van der Waals surface area (Å²) in [7, 11) is 1.27. The normalized spacial score (nSPS) is 10.4. The van der Waals surface area contributed by atoms with Gasteiger partial charge >= 0.3 is 5.97 Å². The van der Waals surface area contributed by atoms with Crippen molar-refractivity contribution in [2.45, 2.75) is 6.92 Å². The molecule has 0 atom stereocenters. The number of nitrogens with one attached hydrogen (secondary N) is 1. The standard InChI is InChI=1S/C21H18FNO4S/c1-3-27-16-9-7-13(8-10-16)18-12-17(19(28-18)21(25)26-2)23-20(24)14-5-4-6-15(22)11-14/h4-12H,3H2,1-2H3,(H,23,24). The summed E-state index contributed by atoms with van der Waals surface area (Å²) in [5.74, 6) is -0.839. The first-order valence-corrected chi connectivity index (χ1v) is 9.35. The lowest BCUT2D eigenvalue weighted by Gasteiger charge is -2.05. The molecule has 144 valence electrons. The second kappa shape index (κ2) is 8.67. The van der Waals surface area contributed by atoms with E-state index >= 15 is 0 Å². The minimum atomic E-state index is -0.559. The number of carbonyl (C=O) groups excluding carboxylic acids is 2. The maximum atomic E-state index is 13.4. The molecular weight excluding hydrogens is 381 g/mol. The number of carbonyl (C=O) groups is 2. The third kappa shape index (κ3) is 4.37. The lowest BCUT2D eigenvalue weighted by atomic mass is 10.1. The molecule has 3 aromatic rings. The molecule has 0 fully saturated rings. The van der Waals surface area contributed by atoms with E-state index in [1.807, 2.05) is 31.2 Å². The first kappa shape index (κ1) is 19.6. The number of thiophene rings is 1. The molecule has 0 saturated heterocycles. The number of benzene rings is 2. The first-order chi connectivity index (χ1) is 13.5. The van der Waals surface area contributed by atoms with Gasteiger partial charge in [0.25, 0.3) is 5.91 Å². The van der Waals surface area contributed by atoms with Gasteiger partial charge in [0, 0.05) is 10.4 Å². The van der Waals surface area contributed by atoms with Gasteiger partial charge in [0.1, 0.15) is 16.4 Å². The molecular formula is C21H18FNO4S. The number of anilines is 1. The molecule has 0 bridgehead atoms. The number of hydrogen-bond acceptors (Lipinski definition) is 5. The second-order valence-corrected chi connectivity index (χ2v) is 6.82. The molecule has 0 aliphatic carbocycles. The van der Waals surface area contributed by atoms with Gasteiger partial charge in [-0.25, -0.2) is 9.18 Å². The number of hydrogen-bond donors (Lipinski definition) is 1. The van der Waals surface area contributed by atoms with Crippen molar-refractivity contribution in [1.29, 1.82) is 0 Å².